The normalized spacial score (nSPS) is 23.0. The Hall–Kier alpha value is -1.29. The summed E-state index contributed by atoms with van der Waals surface area (Å²) in [7, 11) is -19.9. The highest BCUT2D eigenvalue weighted by Gasteiger charge is 2.62. The molecular formula is C12H16F7N3O8S3. The first-order valence-electron chi connectivity index (χ1n) is 8.66. The summed E-state index contributed by atoms with van der Waals surface area (Å²) in [6, 6.07) is 0. The van der Waals surface area contributed by atoms with Crippen molar-refractivity contribution in [2.45, 2.75) is 41.5 Å². The molecule has 2 heterocycles. The number of ether oxygens (including phenoxy) is 1. The number of alkyl halides is 7. The molecule has 21 heteroatoms. The maximum absolute atomic E-state index is 14.3. The van der Waals surface area contributed by atoms with Gasteiger partial charge in [0.1, 0.15) is 6.42 Å². The lowest BCUT2D eigenvalue weighted by Crippen LogP contribution is -2.56. The van der Waals surface area contributed by atoms with E-state index in [1.165, 1.54) is 4.90 Å². The van der Waals surface area contributed by atoms with Gasteiger partial charge >= 0.3 is 32.0 Å². The molecule has 0 saturated carbocycles. The SMILES string of the molecule is O=C1CCC(N2CCN(S(=O)(=O)C(F)(F)CC(F)(F)S(=O)(=O)NS(=O)(=O)C(F)(F)F)CC2)O1. The molecule has 0 spiro atoms. The van der Waals surface area contributed by atoms with E-state index < -0.39 is 81.9 Å². The molecule has 2 fully saturated rings. The van der Waals surface area contributed by atoms with Crippen molar-refractivity contribution in [2.24, 2.45) is 0 Å². The number of nitrogens with one attached hydrogen (secondary N) is 1. The Morgan fingerprint density at radius 3 is 1.79 bits per heavy atom. The predicted molar refractivity (Wildman–Crippen MR) is 92.7 cm³/mol. The Morgan fingerprint density at radius 1 is 0.848 bits per heavy atom. The van der Waals surface area contributed by atoms with E-state index in [0.29, 0.717) is 0 Å². The number of sulfonamides is 3. The second-order valence-corrected chi connectivity index (χ2v) is 12.7. The van der Waals surface area contributed by atoms with Gasteiger partial charge in [-0.3, -0.25) is 9.69 Å². The summed E-state index contributed by atoms with van der Waals surface area (Å²) in [5.41, 5.74) is -6.38. The molecule has 194 valence electrons. The van der Waals surface area contributed by atoms with Gasteiger partial charge in [-0.25, -0.2) is 25.3 Å². The zero-order valence-electron chi connectivity index (χ0n) is 16.1. The van der Waals surface area contributed by atoms with Crippen molar-refractivity contribution < 1.29 is 65.5 Å². The summed E-state index contributed by atoms with van der Waals surface area (Å²) in [4.78, 5) is 12.6. The fraction of sp³-hybridized carbons (Fsp3) is 0.917. The third-order valence-corrected chi connectivity index (χ3v) is 9.83. The lowest BCUT2D eigenvalue weighted by Gasteiger charge is -2.37. The number of nitrogens with zero attached hydrogens (tertiary/aromatic N) is 2. The van der Waals surface area contributed by atoms with Crippen LogP contribution in [0.1, 0.15) is 19.3 Å². The first kappa shape index (κ1) is 28.0. The van der Waals surface area contributed by atoms with E-state index in [4.69, 9.17) is 4.74 Å². The van der Waals surface area contributed by atoms with Crippen molar-refractivity contribution in [3.63, 3.8) is 0 Å². The predicted octanol–water partition coefficient (Wildman–Crippen LogP) is -0.0584. The van der Waals surface area contributed by atoms with Crippen LogP contribution in [0, 0.1) is 0 Å². The third-order valence-electron chi connectivity index (χ3n) is 4.59. The standard InChI is InChI=1S/C12H16F7N3O8S3/c13-10(14,31(24,25)20-32(26,27)12(17,18)19)7-11(15,16)33(28,29)22-5-3-21(4-6-22)8-1-2-9(23)30-8/h8,20H,1-7H2. The van der Waals surface area contributed by atoms with Crippen LogP contribution in [-0.4, -0.2) is 88.9 Å². The lowest BCUT2D eigenvalue weighted by molar-refractivity contribution is -0.149. The van der Waals surface area contributed by atoms with Gasteiger partial charge < -0.3 is 4.74 Å². The summed E-state index contributed by atoms with van der Waals surface area (Å²) in [6.45, 7) is -1.89. The summed E-state index contributed by atoms with van der Waals surface area (Å²) < 4.78 is 166. The Kier molecular flexibility index (Phi) is 7.40. The van der Waals surface area contributed by atoms with Crippen molar-refractivity contribution in [1.29, 1.82) is 0 Å². The molecule has 2 rings (SSSR count). The molecule has 33 heavy (non-hydrogen) atoms. The second-order valence-electron chi connectivity index (χ2n) is 6.91. The maximum atomic E-state index is 14.3. The molecule has 0 aromatic rings. The minimum atomic E-state index is -6.96. The number of halogens is 7. The number of carbonyl (C=O) groups excluding carboxylic acids is 1. The highest BCUT2D eigenvalue weighted by Crippen LogP contribution is 2.40. The van der Waals surface area contributed by atoms with E-state index in [9.17, 15) is 60.8 Å². The summed E-state index contributed by atoms with van der Waals surface area (Å²) in [5.74, 6) is -0.536. The van der Waals surface area contributed by atoms with Gasteiger partial charge in [-0.15, -0.1) is 0 Å². The van der Waals surface area contributed by atoms with E-state index in [0.717, 1.165) is 0 Å². The summed E-state index contributed by atoms with van der Waals surface area (Å²) in [5, 5.41) is -11.5. The van der Waals surface area contributed by atoms with E-state index >= 15 is 0 Å². The smallest absolute Gasteiger partial charge is 0.446 e. The number of rotatable bonds is 8. The Balaban J connectivity index is 2.15. The Morgan fingerprint density at radius 2 is 1.36 bits per heavy atom. The number of esters is 1. The van der Waals surface area contributed by atoms with Crippen molar-refractivity contribution in [1.82, 2.24) is 13.3 Å². The molecule has 2 aliphatic heterocycles. The largest absolute Gasteiger partial charge is 0.512 e. The molecule has 1 N–H and O–H groups in total. The van der Waals surface area contributed by atoms with Crippen molar-refractivity contribution in [3.8, 4) is 0 Å². The lowest BCUT2D eigenvalue weighted by atomic mass is 10.3. The van der Waals surface area contributed by atoms with Gasteiger partial charge in [0.25, 0.3) is 20.0 Å². The Bertz CT molecular complexity index is 1080. The van der Waals surface area contributed by atoms with Gasteiger partial charge in [0.15, 0.2) is 6.23 Å². The van der Waals surface area contributed by atoms with Gasteiger partial charge in [-0.1, -0.05) is 4.13 Å². The molecule has 11 nitrogen and oxygen atoms in total. The molecule has 0 aliphatic carbocycles. The average molecular weight is 559 g/mol. The van der Waals surface area contributed by atoms with Crippen LogP contribution in [0.4, 0.5) is 30.7 Å². The molecule has 0 aromatic heterocycles. The monoisotopic (exact) mass is 559 g/mol. The maximum Gasteiger partial charge on any atom is 0.512 e. The average Bonchev–Trinajstić information content (AvgIpc) is 3.05. The first-order chi connectivity index (χ1) is 14.6. The zero-order valence-corrected chi connectivity index (χ0v) is 18.5. The summed E-state index contributed by atoms with van der Waals surface area (Å²) >= 11 is 0. The van der Waals surface area contributed by atoms with E-state index in [-0.39, 0.29) is 30.2 Å². The van der Waals surface area contributed by atoms with Gasteiger partial charge in [0.05, 0.1) is 6.42 Å². The molecule has 2 aliphatic rings. The van der Waals surface area contributed by atoms with Crippen molar-refractivity contribution in [2.75, 3.05) is 26.2 Å². The molecular weight excluding hydrogens is 543 g/mol. The molecule has 0 aromatic carbocycles. The summed E-state index contributed by atoms with van der Waals surface area (Å²) in [6.07, 6.45) is -3.77. The number of piperazine rings is 1. The molecule has 1 unspecified atom stereocenters. The van der Waals surface area contributed by atoms with E-state index in [1.54, 1.807) is 0 Å². The Labute approximate surface area is 183 Å². The fourth-order valence-corrected chi connectivity index (χ4v) is 6.74. The molecule has 1 atom stereocenters. The van der Waals surface area contributed by atoms with E-state index in [1.807, 2.05) is 0 Å². The molecule has 0 bridgehead atoms. The number of hydrogen-bond acceptors (Lipinski definition) is 9. The first-order valence-corrected chi connectivity index (χ1v) is 13.1. The minimum absolute atomic E-state index is 0.0584. The molecule has 0 amide bonds. The van der Waals surface area contributed by atoms with Crippen LogP contribution in [0.5, 0.6) is 0 Å². The van der Waals surface area contributed by atoms with E-state index in [2.05, 4.69) is 0 Å². The van der Waals surface area contributed by atoms with Crippen LogP contribution in [0.15, 0.2) is 0 Å². The van der Waals surface area contributed by atoms with Crippen molar-refractivity contribution in [3.05, 3.63) is 0 Å². The number of hydrogen-bond donors (Lipinski definition) is 1. The van der Waals surface area contributed by atoms with Gasteiger partial charge in [0.2, 0.25) is 0 Å². The van der Waals surface area contributed by atoms with Crippen LogP contribution in [-0.2, 0) is 39.6 Å². The highest BCUT2D eigenvalue weighted by molar-refractivity contribution is 8.05. The number of cyclic esters (lactones) is 1. The minimum Gasteiger partial charge on any atom is -0.446 e. The van der Waals surface area contributed by atoms with Crippen LogP contribution in [0.3, 0.4) is 0 Å². The number of carbonyl (C=O) groups is 1. The quantitative estimate of drug-likeness (QED) is 0.319. The molecule has 0 radical (unpaired) electrons. The van der Waals surface area contributed by atoms with Crippen molar-refractivity contribution >= 4 is 36.0 Å². The highest BCUT2D eigenvalue weighted by atomic mass is 32.3. The molecule has 2 saturated heterocycles. The fourth-order valence-electron chi connectivity index (χ4n) is 2.87. The van der Waals surface area contributed by atoms with Crippen LogP contribution >= 0.6 is 0 Å². The van der Waals surface area contributed by atoms with Gasteiger partial charge in [-0.05, 0) is 0 Å². The zero-order chi connectivity index (χ0) is 25.7. The van der Waals surface area contributed by atoms with Crippen LogP contribution < -0.4 is 4.13 Å². The topological polar surface area (TPSA) is 147 Å². The van der Waals surface area contributed by atoms with Crippen LogP contribution in [0.2, 0.25) is 0 Å². The van der Waals surface area contributed by atoms with Crippen LogP contribution in [0.25, 0.3) is 0 Å². The third kappa shape index (κ3) is 5.69. The second kappa shape index (κ2) is 8.73. The van der Waals surface area contributed by atoms with Gasteiger partial charge in [-0.2, -0.15) is 35.0 Å². The van der Waals surface area contributed by atoms with Gasteiger partial charge in [0, 0.05) is 32.6 Å².